The Bertz CT molecular complexity index is 1160. The second kappa shape index (κ2) is 9.52. The Morgan fingerprint density at radius 1 is 1.12 bits per heavy atom. The van der Waals surface area contributed by atoms with Crippen molar-refractivity contribution in [2.75, 3.05) is 39.7 Å². The summed E-state index contributed by atoms with van der Waals surface area (Å²) in [5.41, 5.74) is 3.30. The highest BCUT2D eigenvalue weighted by Gasteiger charge is 2.26. The number of methoxy groups -OCH3 is 3. The Hall–Kier alpha value is -3.55. The first-order valence-corrected chi connectivity index (χ1v) is 11.1. The van der Waals surface area contributed by atoms with Crippen molar-refractivity contribution >= 4 is 28.3 Å². The number of nitrogens with zero attached hydrogens (tertiary/aromatic N) is 3. The Kier molecular flexibility index (Phi) is 6.53. The maximum atomic E-state index is 13.6. The van der Waals surface area contributed by atoms with Crippen molar-refractivity contribution in [1.82, 2.24) is 14.9 Å². The molecule has 174 valence electrons. The fraction of sp³-hybridized carbons (Fsp3) is 0.400. The van der Waals surface area contributed by atoms with Gasteiger partial charge in [-0.05, 0) is 37.8 Å². The third-order valence-corrected chi connectivity index (χ3v) is 5.98. The first-order chi connectivity index (χ1) is 15.9. The van der Waals surface area contributed by atoms with E-state index in [1.165, 1.54) is 0 Å². The standard InChI is InChI=1S/C25H30N4O4/c1-15-7-6-10-29(14-15)25(30)19-13-26-24-18(9-8-16(2)27-24)22(19)28-17-11-20(31-3)23(33-5)21(12-17)32-4/h8-9,11-13,15H,6-7,10,14H2,1-5H3,(H,26,27,28)/t15-/m1/s1. The van der Waals surface area contributed by atoms with Gasteiger partial charge >= 0.3 is 0 Å². The van der Waals surface area contributed by atoms with Crippen LogP contribution in [0, 0.1) is 12.8 Å². The lowest BCUT2D eigenvalue weighted by Gasteiger charge is -2.31. The second-order valence-corrected chi connectivity index (χ2v) is 8.41. The second-order valence-electron chi connectivity index (χ2n) is 8.41. The maximum Gasteiger partial charge on any atom is 0.257 e. The van der Waals surface area contributed by atoms with E-state index in [1.807, 2.05) is 36.1 Å². The number of piperidine rings is 1. The van der Waals surface area contributed by atoms with Crippen LogP contribution in [0.5, 0.6) is 17.2 Å². The molecule has 1 N–H and O–H groups in total. The molecule has 1 fully saturated rings. The topological polar surface area (TPSA) is 85.8 Å². The van der Waals surface area contributed by atoms with Crippen LogP contribution in [-0.4, -0.2) is 55.2 Å². The van der Waals surface area contributed by atoms with E-state index in [2.05, 4.69) is 22.2 Å². The van der Waals surface area contributed by atoms with E-state index in [9.17, 15) is 4.79 Å². The first-order valence-electron chi connectivity index (χ1n) is 11.1. The van der Waals surface area contributed by atoms with E-state index in [-0.39, 0.29) is 5.91 Å². The molecule has 3 aromatic rings. The van der Waals surface area contributed by atoms with Crippen molar-refractivity contribution in [1.29, 1.82) is 0 Å². The summed E-state index contributed by atoms with van der Waals surface area (Å²) in [7, 11) is 4.71. The number of fused-ring (bicyclic) bond motifs is 1. The summed E-state index contributed by atoms with van der Waals surface area (Å²) < 4.78 is 16.4. The van der Waals surface area contributed by atoms with Crippen LogP contribution in [0.1, 0.15) is 35.8 Å². The number of carbonyl (C=O) groups excluding carboxylic acids is 1. The van der Waals surface area contributed by atoms with Gasteiger partial charge in [0.25, 0.3) is 5.91 Å². The molecule has 0 saturated carbocycles. The van der Waals surface area contributed by atoms with Crippen molar-refractivity contribution in [2.45, 2.75) is 26.7 Å². The number of amides is 1. The number of rotatable bonds is 6. The molecule has 3 heterocycles. The Morgan fingerprint density at radius 3 is 2.48 bits per heavy atom. The van der Waals surface area contributed by atoms with Crippen LogP contribution < -0.4 is 19.5 Å². The number of ether oxygens (including phenoxy) is 3. The SMILES string of the molecule is COc1cc(Nc2c(C(=O)N3CCC[C@@H](C)C3)cnc3nc(C)ccc23)cc(OC)c1OC. The van der Waals surface area contributed by atoms with E-state index in [0.717, 1.165) is 37.0 Å². The number of carbonyl (C=O) groups is 1. The zero-order valence-electron chi connectivity index (χ0n) is 19.8. The van der Waals surface area contributed by atoms with Crippen LogP contribution in [0.15, 0.2) is 30.5 Å². The van der Waals surface area contributed by atoms with Gasteiger partial charge < -0.3 is 24.4 Å². The molecule has 1 atom stereocenters. The quantitative estimate of drug-likeness (QED) is 0.588. The molecule has 1 aliphatic heterocycles. The molecular formula is C25H30N4O4. The van der Waals surface area contributed by atoms with E-state index >= 15 is 0 Å². The maximum absolute atomic E-state index is 13.6. The molecular weight excluding hydrogens is 420 g/mol. The van der Waals surface area contributed by atoms with Gasteiger partial charge in [-0.25, -0.2) is 9.97 Å². The number of hydrogen-bond donors (Lipinski definition) is 1. The lowest BCUT2D eigenvalue weighted by atomic mass is 9.99. The average molecular weight is 451 g/mol. The third kappa shape index (κ3) is 4.51. The smallest absolute Gasteiger partial charge is 0.257 e. The highest BCUT2D eigenvalue weighted by molar-refractivity contribution is 6.07. The number of nitrogens with one attached hydrogen (secondary N) is 1. The Labute approximate surface area is 193 Å². The normalized spacial score (nSPS) is 15.9. The van der Waals surface area contributed by atoms with Crippen LogP contribution >= 0.6 is 0 Å². The molecule has 8 heteroatoms. The van der Waals surface area contributed by atoms with Crippen LogP contribution in [0.25, 0.3) is 11.0 Å². The molecule has 2 aromatic heterocycles. The molecule has 1 aromatic carbocycles. The van der Waals surface area contributed by atoms with Crippen LogP contribution in [0.4, 0.5) is 11.4 Å². The van der Waals surface area contributed by atoms with Crippen LogP contribution in [-0.2, 0) is 0 Å². The monoisotopic (exact) mass is 450 g/mol. The lowest BCUT2D eigenvalue weighted by Crippen LogP contribution is -2.39. The summed E-state index contributed by atoms with van der Waals surface area (Å²) in [5, 5.41) is 4.19. The molecule has 8 nitrogen and oxygen atoms in total. The highest BCUT2D eigenvalue weighted by atomic mass is 16.5. The molecule has 1 saturated heterocycles. The number of anilines is 2. The third-order valence-electron chi connectivity index (χ3n) is 5.98. The van der Waals surface area contributed by atoms with E-state index in [1.54, 1.807) is 27.5 Å². The predicted octanol–water partition coefficient (Wildman–Crippen LogP) is 4.58. The fourth-order valence-electron chi connectivity index (χ4n) is 4.31. The molecule has 1 amide bonds. The number of hydrogen-bond acceptors (Lipinski definition) is 7. The highest BCUT2D eigenvalue weighted by Crippen LogP contribution is 2.41. The first kappa shape index (κ1) is 22.6. The Morgan fingerprint density at radius 2 is 1.85 bits per heavy atom. The van der Waals surface area contributed by atoms with Gasteiger partial charge in [0, 0.05) is 48.2 Å². The average Bonchev–Trinajstić information content (AvgIpc) is 2.82. The molecule has 0 radical (unpaired) electrons. The predicted molar refractivity (Wildman–Crippen MR) is 128 cm³/mol. The van der Waals surface area contributed by atoms with Crippen LogP contribution in [0.3, 0.4) is 0 Å². The largest absolute Gasteiger partial charge is 0.493 e. The molecule has 4 rings (SSSR count). The van der Waals surface area contributed by atoms with Gasteiger partial charge in [0.15, 0.2) is 17.1 Å². The van der Waals surface area contributed by atoms with Crippen LogP contribution in [0.2, 0.25) is 0 Å². The van der Waals surface area contributed by atoms with Crippen molar-refractivity contribution in [3.63, 3.8) is 0 Å². The van der Waals surface area contributed by atoms with Crippen molar-refractivity contribution in [3.8, 4) is 17.2 Å². The number of pyridine rings is 2. The molecule has 0 aliphatic carbocycles. The Balaban J connectivity index is 1.83. The van der Waals surface area contributed by atoms with Crippen molar-refractivity contribution in [3.05, 3.63) is 41.7 Å². The van der Waals surface area contributed by atoms with E-state index in [0.29, 0.717) is 45.8 Å². The zero-order chi connectivity index (χ0) is 23.5. The number of benzene rings is 1. The molecule has 0 spiro atoms. The van der Waals surface area contributed by atoms with Gasteiger partial charge in [-0.2, -0.15) is 0 Å². The minimum absolute atomic E-state index is 0.0357. The van der Waals surface area contributed by atoms with Gasteiger partial charge in [0.2, 0.25) is 5.75 Å². The summed E-state index contributed by atoms with van der Waals surface area (Å²) >= 11 is 0. The summed E-state index contributed by atoms with van der Waals surface area (Å²) in [6.07, 6.45) is 3.76. The minimum Gasteiger partial charge on any atom is -0.493 e. The van der Waals surface area contributed by atoms with E-state index < -0.39 is 0 Å². The van der Waals surface area contributed by atoms with Gasteiger partial charge in [-0.1, -0.05) is 6.92 Å². The fourth-order valence-corrected chi connectivity index (χ4v) is 4.31. The van der Waals surface area contributed by atoms with Gasteiger partial charge in [0.05, 0.1) is 32.6 Å². The molecule has 33 heavy (non-hydrogen) atoms. The summed E-state index contributed by atoms with van der Waals surface area (Å²) in [6.45, 7) is 5.59. The number of likely N-dealkylation sites (tertiary alicyclic amines) is 1. The molecule has 1 aliphatic rings. The molecule has 0 bridgehead atoms. The summed E-state index contributed by atoms with van der Waals surface area (Å²) in [4.78, 5) is 24.5. The summed E-state index contributed by atoms with van der Waals surface area (Å²) in [5.74, 6) is 1.98. The van der Waals surface area contributed by atoms with Crippen molar-refractivity contribution in [2.24, 2.45) is 5.92 Å². The van der Waals surface area contributed by atoms with Gasteiger partial charge in [0.1, 0.15) is 0 Å². The summed E-state index contributed by atoms with van der Waals surface area (Å²) in [6, 6.07) is 7.49. The van der Waals surface area contributed by atoms with E-state index in [4.69, 9.17) is 14.2 Å². The number of aromatic nitrogens is 2. The minimum atomic E-state index is -0.0357. The number of aryl methyl sites for hydroxylation is 1. The van der Waals surface area contributed by atoms with Crippen molar-refractivity contribution < 1.29 is 19.0 Å². The lowest BCUT2D eigenvalue weighted by molar-refractivity contribution is 0.0684. The van der Waals surface area contributed by atoms with Gasteiger partial charge in [-0.15, -0.1) is 0 Å². The zero-order valence-corrected chi connectivity index (χ0v) is 19.8. The molecule has 0 unspecified atom stereocenters. The van der Waals surface area contributed by atoms with Gasteiger partial charge in [-0.3, -0.25) is 4.79 Å².